The molecule has 0 bridgehead atoms. The molecule has 2 N–H and O–H groups in total. The van der Waals surface area contributed by atoms with E-state index < -0.39 is 0 Å². The number of H-pyrrole nitrogens is 1. The third-order valence-corrected chi connectivity index (χ3v) is 4.70. The van der Waals surface area contributed by atoms with Crippen molar-refractivity contribution in [3.05, 3.63) is 70.3 Å². The minimum Gasteiger partial charge on any atom is -0.370 e. The Kier molecular flexibility index (Phi) is 6.42. The number of anilines is 1. The maximum atomic E-state index is 12.2. The summed E-state index contributed by atoms with van der Waals surface area (Å²) in [6, 6.07) is 15.5. The molecule has 1 amide bonds. The van der Waals surface area contributed by atoms with Crippen LogP contribution in [0.15, 0.2) is 53.3 Å². The highest BCUT2D eigenvalue weighted by Gasteiger charge is 2.08. The summed E-state index contributed by atoms with van der Waals surface area (Å²) in [5.41, 5.74) is 2.86. The Bertz CT molecular complexity index is 1010. The van der Waals surface area contributed by atoms with Crippen LogP contribution in [0.1, 0.15) is 24.7 Å². The van der Waals surface area contributed by atoms with Crippen LogP contribution in [0.3, 0.4) is 0 Å². The predicted molar refractivity (Wildman–Crippen MR) is 113 cm³/mol. The van der Waals surface area contributed by atoms with E-state index in [1.807, 2.05) is 18.2 Å². The molecule has 0 saturated carbocycles. The van der Waals surface area contributed by atoms with Crippen LogP contribution in [0.4, 0.5) is 5.69 Å². The smallest absolute Gasteiger partial charge is 0.258 e. The Hall–Kier alpha value is -3.15. The van der Waals surface area contributed by atoms with E-state index in [1.54, 1.807) is 12.1 Å². The summed E-state index contributed by atoms with van der Waals surface area (Å²) in [5.74, 6) is 0.491. The molecule has 1 aromatic heterocycles. The molecule has 146 valence electrons. The Labute approximate surface area is 164 Å². The lowest BCUT2D eigenvalue weighted by molar-refractivity contribution is -0.121. The van der Waals surface area contributed by atoms with Gasteiger partial charge in [-0.3, -0.25) is 9.59 Å². The number of amides is 1. The molecule has 0 unspecified atom stereocenters. The van der Waals surface area contributed by atoms with E-state index in [-0.39, 0.29) is 17.9 Å². The Balaban J connectivity index is 1.50. The van der Waals surface area contributed by atoms with E-state index in [4.69, 9.17) is 0 Å². The van der Waals surface area contributed by atoms with Crippen molar-refractivity contribution in [1.82, 2.24) is 15.3 Å². The summed E-state index contributed by atoms with van der Waals surface area (Å²) in [7, 11) is 0. The van der Waals surface area contributed by atoms with Crippen LogP contribution in [0.25, 0.3) is 10.9 Å². The van der Waals surface area contributed by atoms with Crippen molar-refractivity contribution < 1.29 is 4.79 Å². The van der Waals surface area contributed by atoms with E-state index in [0.717, 1.165) is 18.8 Å². The first-order chi connectivity index (χ1) is 13.6. The van der Waals surface area contributed by atoms with Crippen molar-refractivity contribution in [1.29, 1.82) is 0 Å². The zero-order chi connectivity index (χ0) is 19.9. The van der Waals surface area contributed by atoms with Gasteiger partial charge in [0, 0.05) is 38.2 Å². The summed E-state index contributed by atoms with van der Waals surface area (Å²) < 4.78 is 0. The maximum absolute atomic E-state index is 12.2. The second-order valence-corrected chi connectivity index (χ2v) is 6.80. The van der Waals surface area contributed by atoms with Crippen molar-refractivity contribution in [2.24, 2.45) is 0 Å². The van der Waals surface area contributed by atoms with Crippen molar-refractivity contribution in [3.63, 3.8) is 0 Å². The zero-order valence-electron chi connectivity index (χ0n) is 16.4. The number of nitrogens with zero attached hydrogens (tertiary/aromatic N) is 2. The number of nitrogens with one attached hydrogen (secondary N) is 2. The average molecular weight is 378 g/mol. The van der Waals surface area contributed by atoms with Gasteiger partial charge in [0.25, 0.3) is 5.56 Å². The lowest BCUT2D eigenvalue weighted by Crippen LogP contribution is -2.35. The standard InChI is InChI=1S/C22H26N4O2/c1-3-26(17-8-6-7-16(2)15-17)14-13-23-21(27)12-11-20-24-19-10-5-4-9-18(19)22(28)25-20/h4-10,15H,3,11-14H2,1-2H3,(H,23,27)(H,24,25,28). The molecular weight excluding hydrogens is 352 g/mol. The van der Waals surface area contributed by atoms with Crippen LogP contribution < -0.4 is 15.8 Å². The molecule has 0 aliphatic heterocycles. The van der Waals surface area contributed by atoms with Crippen molar-refractivity contribution in [2.45, 2.75) is 26.7 Å². The van der Waals surface area contributed by atoms with Crippen LogP contribution in [0, 0.1) is 6.92 Å². The van der Waals surface area contributed by atoms with Crippen LogP contribution in [0.2, 0.25) is 0 Å². The average Bonchev–Trinajstić information content (AvgIpc) is 2.70. The van der Waals surface area contributed by atoms with Gasteiger partial charge in [-0.15, -0.1) is 0 Å². The molecule has 0 fully saturated rings. The number of carbonyl (C=O) groups is 1. The van der Waals surface area contributed by atoms with Crippen molar-refractivity contribution >= 4 is 22.5 Å². The minimum atomic E-state index is -0.169. The van der Waals surface area contributed by atoms with Crippen LogP contribution >= 0.6 is 0 Å². The molecule has 0 aliphatic rings. The third-order valence-electron chi connectivity index (χ3n) is 4.70. The van der Waals surface area contributed by atoms with E-state index >= 15 is 0 Å². The maximum Gasteiger partial charge on any atom is 0.258 e. The fraction of sp³-hybridized carbons (Fsp3) is 0.318. The third kappa shape index (κ3) is 4.97. The van der Waals surface area contributed by atoms with E-state index in [0.29, 0.717) is 29.7 Å². The second kappa shape index (κ2) is 9.17. The molecule has 0 saturated heterocycles. The van der Waals surface area contributed by atoms with Gasteiger partial charge in [-0.25, -0.2) is 4.98 Å². The summed E-state index contributed by atoms with van der Waals surface area (Å²) in [6.07, 6.45) is 0.694. The highest BCUT2D eigenvalue weighted by atomic mass is 16.1. The normalized spacial score (nSPS) is 10.8. The quantitative estimate of drug-likeness (QED) is 0.632. The molecule has 3 rings (SSSR count). The van der Waals surface area contributed by atoms with E-state index in [2.05, 4.69) is 52.2 Å². The Morgan fingerprint density at radius 2 is 2.00 bits per heavy atom. The molecular formula is C22H26N4O2. The number of likely N-dealkylation sites (N-methyl/N-ethyl adjacent to an activating group) is 1. The van der Waals surface area contributed by atoms with Gasteiger partial charge < -0.3 is 15.2 Å². The number of hydrogen-bond acceptors (Lipinski definition) is 4. The Morgan fingerprint density at radius 1 is 1.18 bits per heavy atom. The molecule has 1 heterocycles. The minimum absolute atomic E-state index is 0.0453. The Morgan fingerprint density at radius 3 is 2.79 bits per heavy atom. The zero-order valence-corrected chi connectivity index (χ0v) is 16.4. The van der Waals surface area contributed by atoms with E-state index in [1.165, 1.54) is 5.56 Å². The van der Waals surface area contributed by atoms with Gasteiger partial charge in [0.2, 0.25) is 5.91 Å². The molecule has 0 spiro atoms. The largest absolute Gasteiger partial charge is 0.370 e. The summed E-state index contributed by atoms with van der Waals surface area (Å²) in [5, 5.41) is 3.52. The van der Waals surface area contributed by atoms with Crippen LogP contribution in [-0.2, 0) is 11.2 Å². The number of hydrogen-bond donors (Lipinski definition) is 2. The van der Waals surface area contributed by atoms with Gasteiger partial charge in [-0.2, -0.15) is 0 Å². The van der Waals surface area contributed by atoms with Gasteiger partial charge in [0.05, 0.1) is 10.9 Å². The molecule has 6 nitrogen and oxygen atoms in total. The van der Waals surface area contributed by atoms with E-state index in [9.17, 15) is 9.59 Å². The van der Waals surface area contributed by atoms with Crippen molar-refractivity contribution in [3.8, 4) is 0 Å². The number of para-hydroxylation sites is 1. The first-order valence-electron chi connectivity index (χ1n) is 9.63. The van der Waals surface area contributed by atoms with Gasteiger partial charge in [-0.05, 0) is 43.7 Å². The summed E-state index contributed by atoms with van der Waals surface area (Å²) in [6.45, 7) is 6.37. The fourth-order valence-corrected chi connectivity index (χ4v) is 3.20. The lowest BCUT2D eigenvalue weighted by Gasteiger charge is -2.23. The highest BCUT2D eigenvalue weighted by molar-refractivity contribution is 5.78. The topological polar surface area (TPSA) is 78.1 Å². The molecule has 0 radical (unpaired) electrons. The van der Waals surface area contributed by atoms with Gasteiger partial charge in [-0.1, -0.05) is 24.3 Å². The molecule has 6 heteroatoms. The second-order valence-electron chi connectivity index (χ2n) is 6.80. The predicted octanol–water partition coefficient (Wildman–Crippen LogP) is 2.81. The number of benzene rings is 2. The summed E-state index contributed by atoms with van der Waals surface area (Å²) >= 11 is 0. The number of aryl methyl sites for hydroxylation is 2. The highest BCUT2D eigenvalue weighted by Crippen LogP contribution is 2.15. The van der Waals surface area contributed by atoms with Gasteiger partial charge in [0.15, 0.2) is 0 Å². The molecule has 2 aromatic carbocycles. The molecule has 28 heavy (non-hydrogen) atoms. The van der Waals surface area contributed by atoms with Crippen molar-refractivity contribution in [2.75, 3.05) is 24.5 Å². The van der Waals surface area contributed by atoms with Gasteiger partial charge in [0.1, 0.15) is 5.82 Å². The number of carbonyl (C=O) groups excluding carboxylic acids is 1. The number of aromatic amines is 1. The number of aromatic nitrogens is 2. The van der Waals surface area contributed by atoms with Crippen LogP contribution in [-0.4, -0.2) is 35.5 Å². The number of fused-ring (bicyclic) bond motifs is 1. The summed E-state index contributed by atoms with van der Waals surface area (Å²) in [4.78, 5) is 33.7. The lowest BCUT2D eigenvalue weighted by atomic mass is 10.2. The molecule has 0 aliphatic carbocycles. The first-order valence-corrected chi connectivity index (χ1v) is 9.63. The monoisotopic (exact) mass is 378 g/mol. The number of rotatable bonds is 8. The fourth-order valence-electron chi connectivity index (χ4n) is 3.20. The molecule has 3 aromatic rings. The van der Waals surface area contributed by atoms with Crippen LogP contribution in [0.5, 0.6) is 0 Å². The van der Waals surface area contributed by atoms with Gasteiger partial charge >= 0.3 is 0 Å². The SMILES string of the molecule is CCN(CCNC(=O)CCc1nc2ccccc2c(=O)[nH]1)c1cccc(C)c1. The first kappa shape index (κ1) is 19.6. The molecule has 0 atom stereocenters.